The van der Waals surface area contributed by atoms with Crippen LogP contribution in [0.5, 0.6) is 0 Å². The summed E-state index contributed by atoms with van der Waals surface area (Å²) in [5.41, 5.74) is 0.797. The van der Waals surface area contributed by atoms with Gasteiger partial charge in [-0.1, -0.05) is 25.0 Å². The van der Waals surface area contributed by atoms with Crippen LogP contribution in [0.1, 0.15) is 48.9 Å². The third kappa shape index (κ3) is 6.60. The Bertz CT molecular complexity index is 801. The molecule has 1 saturated heterocycles. The van der Waals surface area contributed by atoms with E-state index in [2.05, 4.69) is 15.4 Å². The molecule has 3 amide bonds. The minimum atomic E-state index is -4.58. The van der Waals surface area contributed by atoms with Crippen LogP contribution in [0.3, 0.4) is 0 Å². The Labute approximate surface area is 178 Å². The zero-order chi connectivity index (χ0) is 22.4. The molecular weight excluding hydrogens is 415 g/mol. The first-order valence-electron chi connectivity index (χ1n) is 10.4. The Hall–Kier alpha value is -2.78. The summed E-state index contributed by atoms with van der Waals surface area (Å²) in [5.74, 6) is -0.938. The number of alkyl halides is 3. The lowest BCUT2D eigenvalue weighted by atomic mass is 9.96. The van der Waals surface area contributed by atoms with Gasteiger partial charge in [-0.25, -0.2) is 4.79 Å². The first-order chi connectivity index (χ1) is 14.7. The lowest BCUT2D eigenvalue weighted by Crippen LogP contribution is -2.42. The zero-order valence-corrected chi connectivity index (χ0v) is 17.0. The van der Waals surface area contributed by atoms with Crippen LogP contribution in [0.25, 0.3) is 0 Å². The number of ether oxygens (including phenoxy) is 1. The Morgan fingerprint density at radius 2 is 1.68 bits per heavy atom. The molecule has 10 heteroatoms. The molecule has 2 N–H and O–H groups in total. The summed E-state index contributed by atoms with van der Waals surface area (Å²) in [6, 6.07) is 6.91. The SMILES string of the molecule is O=C(NC1CCCC1)c1ccccc1NC(=O)C1CCN(C(=O)OCC(F)(F)F)CC1. The summed E-state index contributed by atoms with van der Waals surface area (Å²) in [4.78, 5) is 38.2. The summed E-state index contributed by atoms with van der Waals surface area (Å²) in [7, 11) is 0. The van der Waals surface area contributed by atoms with E-state index < -0.39 is 24.8 Å². The van der Waals surface area contributed by atoms with Gasteiger partial charge in [-0.2, -0.15) is 13.2 Å². The van der Waals surface area contributed by atoms with Crippen molar-refractivity contribution in [2.45, 2.75) is 50.7 Å². The van der Waals surface area contributed by atoms with Crippen LogP contribution in [-0.4, -0.2) is 54.7 Å². The summed E-state index contributed by atoms with van der Waals surface area (Å²) in [5, 5.41) is 5.79. The van der Waals surface area contributed by atoms with Crippen molar-refractivity contribution in [3.05, 3.63) is 29.8 Å². The van der Waals surface area contributed by atoms with E-state index in [0.717, 1.165) is 25.7 Å². The number of nitrogens with one attached hydrogen (secondary N) is 2. The van der Waals surface area contributed by atoms with Crippen molar-refractivity contribution in [2.75, 3.05) is 25.0 Å². The molecule has 170 valence electrons. The average Bonchev–Trinajstić information content (AvgIpc) is 3.25. The fourth-order valence-corrected chi connectivity index (χ4v) is 3.92. The number of hydrogen-bond donors (Lipinski definition) is 2. The van der Waals surface area contributed by atoms with E-state index in [-0.39, 0.29) is 30.9 Å². The smallest absolute Gasteiger partial charge is 0.422 e. The maximum absolute atomic E-state index is 12.7. The van der Waals surface area contributed by atoms with Gasteiger partial charge in [0.15, 0.2) is 6.61 Å². The lowest BCUT2D eigenvalue weighted by molar-refractivity contribution is -0.162. The van der Waals surface area contributed by atoms with Crippen LogP contribution in [0.4, 0.5) is 23.7 Å². The highest BCUT2D eigenvalue weighted by molar-refractivity contribution is 6.04. The van der Waals surface area contributed by atoms with Gasteiger partial charge in [-0.3, -0.25) is 9.59 Å². The molecule has 3 rings (SSSR count). The lowest BCUT2D eigenvalue weighted by Gasteiger charge is -2.30. The highest BCUT2D eigenvalue weighted by Crippen LogP contribution is 2.24. The molecule has 0 radical (unpaired) electrons. The van der Waals surface area contributed by atoms with Crippen molar-refractivity contribution in [2.24, 2.45) is 5.92 Å². The van der Waals surface area contributed by atoms with Gasteiger partial charge in [0, 0.05) is 25.0 Å². The van der Waals surface area contributed by atoms with Gasteiger partial charge < -0.3 is 20.3 Å². The fourth-order valence-electron chi connectivity index (χ4n) is 3.92. The number of piperidine rings is 1. The van der Waals surface area contributed by atoms with Crippen molar-refractivity contribution in [3.8, 4) is 0 Å². The maximum atomic E-state index is 12.7. The largest absolute Gasteiger partial charge is 0.440 e. The number of carbonyl (C=O) groups excluding carboxylic acids is 3. The standard InChI is InChI=1S/C21H26F3N3O4/c22-21(23,24)13-31-20(30)27-11-9-14(10-12-27)18(28)26-17-8-4-3-7-16(17)19(29)25-15-5-1-2-6-15/h3-4,7-8,14-15H,1-2,5-6,9-13H2,(H,25,29)(H,26,28). The van der Waals surface area contributed by atoms with Gasteiger partial charge in [0.05, 0.1) is 11.3 Å². The van der Waals surface area contributed by atoms with E-state index in [4.69, 9.17) is 0 Å². The maximum Gasteiger partial charge on any atom is 0.422 e. The normalized spacial score (nSPS) is 18.0. The molecule has 1 aliphatic carbocycles. The van der Waals surface area contributed by atoms with Crippen LogP contribution in [-0.2, 0) is 9.53 Å². The summed E-state index contributed by atoms with van der Waals surface area (Å²) >= 11 is 0. The van der Waals surface area contributed by atoms with Crippen LogP contribution in [0, 0.1) is 5.92 Å². The molecule has 1 aliphatic heterocycles. The molecule has 0 spiro atoms. The van der Waals surface area contributed by atoms with E-state index in [9.17, 15) is 27.6 Å². The number of amides is 3. The van der Waals surface area contributed by atoms with Crippen LogP contribution in [0.2, 0.25) is 0 Å². The van der Waals surface area contributed by atoms with E-state index in [1.165, 1.54) is 4.90 Å². The predicted octanol–water partition coefficient (Wildman–Crippen LogP) is 3.71. The zero-order valence-electron chi connectivity index (χ0n) is 17.0. The van der Waals surface area contributed by atoms with Gasteiger partial charge in [-0.05, 0) is 37.8 Å². The van der Waals surface area contributed by atoms with Crippen molar-refractivity contribution in [1.82, 2.24) is 10.2 Å². The topological polar surface area (TPSA) is 87.7 Å². The molecule has 1 aromatic carbocycles. The first kappa shape index (κ1) is 22.9. The number of nitrogens with zero attached hydrogens (tertiary/aromatic N) is 1. The molecule has 7 nitrogen and oxygen atoms in total. The molecule has 0 unspecified atom stereocenters. The number of halogens is 3. The second-order valence-electron chi connectivity index (χ2n) is 7.92. The Kier molecular flexibility index (Phi) is 7.40. The van der Waals surface area contributed by atoms with Gasteiger partial charge in [0.25, 0.3) is 5.91 Å². The molecular formula is C21H26F3N3O4. The molecule has 1 saturated carbocycles. The monoisotopic (exact) mass is 441 g/mol. The molecule has 1 heterocycles. The van der Waals surface area contributed by atoms with E-state index in [1.54, 1.807) is 24.3 Å². The number of rotatable bonds is 5. The Morgan fingerprint density at radius 3 is 2.32 bits per heavy atom. The van der Waals surface area contributed by atoms with E-state index in [0.29, 0.717) is 24.1 Å². The van der Waals surface area contributed by atoms with E-state index in [1.807, 2.05) is 0 Å². The second-order valence-corrected chi connectivity index (χ2v) is 7.92. The summed E-state index contributed by atoms with van der Waals surface area (Å²) < 4.78 is 40.8. The van der Waals surface area contributed by atoms with Crippen LogP contribution in [0.15, 0.2) is 24.3 Å². The second kappa shape index (κ2) is 10.0. The Balaban J connectivity index is 1.52. The number of hydrogen-bond acceptors (Lipinski definition) is 4. The van der Waals surface area contributed by atoms with Crippen molar-refractivity contribution in [3.63, 3.8) is 0 Å². The number of anilines is 1. The van der Waals surface area contributed by atoms with Gasteiger partial charge in [0.1, 0.15) is 0 Å². The number of para-hydroxylation sites is 1. The molecule has 2 aliphatic rings. The van der Waals surface area contributed by atoms with Crippen molar-refractivity contribution in [1.29, 1.82) is 0 Å². The average molecular weight is 441 g/mol. The number of benzene rings is 1. The fraction of sp³-hybridized carbons (Fsp3) is 0.571. The Morgan fingerprint density at radius 1 is 1.03 bits per heavy atom. The minimum absolute atomic E-state index is 0.124. The summed E-state index contributed by atoms with van der Waals surface area (Å²) in [6.45, 7) is -1.39. The van der Waals surface area contributed by atoms with Gasteiger partial charge >= 0.3 is 12.3 Å². The molecule has 31 heavy (non-hydrogen) atoms. The van der Waals surface area contributed by atoms with Crippen LogP contribution < -0.4 is 10.6 Å². The highest BCUT2D eigenvalue weighted by atomic mass is 19.4. The third-order valence-electron chi connectivity index (χ3n) is 5.60. The molecule has 0 aromatic heterocycles. The summed E-state index contributed by atoms with van der Waals surface area (Å²) in [6.07, 6.45) is -0.950. The van der Waals surface area contributed by atoms with Crippen molar-refractivity contribution >= 4 is 23.6 Å². The predicted molar refractivity (Wildman–Crippen MR) is 106 cm³/mol. The third-order valence-corrected chi connectivity index (χ3v) is 5.60. The van der Waals surface area contributed by atoms with Gasteiger partial charge in [0.2, 0.25) is 5.91 Å². The number of likely N-dealkylation sites (tertiary alicyclic amines) is 1. The highest BCUT2D eigenvalue weighted by Gasteiger charge is 2.33. The molecule has 2 fully saturated rings. The first-order valence-corrected chi connectivity index (χ1v) is 10.4. The minimum Gasteiger partial charge on any atom is -0.440 e. The van der Waals surface area contributed by atoms with E-state index >= 15 is 0 Å². The molecule has 1 aromatic rings. The van der Waals surface area contributed by atoms with Gasteiger partial charge in [-0.15, -0.1) is 0 Å². The van der Waals surface area contributed by atoms with Crippen molar-refractivity contribution < 1.29 is 32.3 Å². The molecule has 0 bridgehead atoms. The quantitative estimate of drug-likeness (QED) is 0.729. The van der Waals surface area contributed by atoms with Crippen LogP contribution >= 0.6 is 0 Å². The molecule has 0 atom stereocenters. The number of carbonyl (C=O) groups is 3.